The SMILES string of the molecule is Cc1ccc(-c2cn3cccnc3n2)cc1NC(=O)CC12CC3CC(CC(C3)C1)C2. The third-order valence-electron chi connectivity index (χ3n) is 7.74. The summed E-state index contributed by atoms with van der Waals surface area (Å²) in [5.41, 5.74) is 4.10. The Balaban J connectivity index is 1.22. The first kappa shape index (κ1) is 18.1. The van der Waals surface area contributed by atoms with Gasteiger partial charge in [-0.3, -0.25) is 9.20 Å². The van der Waals surface area contributed by atoms with E-state index in [1.54, 1.807) is 6.20 Å². The van der Waals surface area contributed by atoms with Gasteiger partial charge in [0.15, 0.2) is 0 Å². The number of nitrogens with zero attached hydrogens (tertiary/aromatic N) is 3. The lowest BCUT2D eigenvalue weighted by Gasteiger charge is -2.56. The molecule has 4 aliphatic rings. The monoisotopic (exact) mass is 400 g/mol. The number of aromatic nitrogens is 3. The summed E-state index contributed by atoms with van der Waals surface area (Å²) in [5.74, 6) is 3.47. The van der Waals surface area contributed by atoms with Gasteiger partial charge in [-0.05, 0) is 86.3 Å². The van der Waals surface area contributed by atoms with Crippen LogP contribution in [0.15, 0.2) is 42.9 Å². The summed E-state index contributed by atoms with van der Waals surface area (Å²) >= 11 is 0. The number of rotatable bonds is 4. The van der Waals surface area contributed by atoms with E-state index < -0.39 is 0 Å². The second-order valence-electron chi connectivity index (χ2n) is 10.1. The van der Waals surface area contributed by atoms with Crippen LogP contribution in [0.25, 0.3) is 17.0 Å². The Morgan fingerprint density at radius 1 is 1.17 bits per heavy atom. The molecule has 4 saturated carbocycles. The van der Waals surface area contributed by atoms with Crippen molar-refractivity contribution in [2.75, 3.05) is 5.32 Å². The highest BCUT2D eigenvalue weighted by Crippen LogP contribution is 2.61. The molecule has 0 spiro atoms. The van der Waals surface area contributed by atoms with E-state index in [9.17, 15) is 4.79 Å². The van der Waals surface area contributed by atoms with Crippen LogP contribution >= 0.6 is 0 Å². The highest BCUT2D eigenvalue weighted by atomic mass is 16.1. The summed E-state index contributed by atoms with van der Waals surface area (Å²) in [4.78, 5) is 22.0. The molecule has 5 nitrogen and oxygen atoms in total. The van der Waals surface area contributed by atoms with Gasteiger partial charge < -0.3 is 5.32 Å². The van der Waals surface area contributed by atoms with Crippen LogP contribution in [0.3, 0.4) is 0 Å². The minimum atomic E-state index is 0.175. The Bertz CT molecular complexity index is 1060. The normalized spacial score (nSPS) is 29.4. The molecule has 0 radical (unpaired) electrons. The molecule has 0 aliphatic heterocycles. The molecule has 4 bridgehead atoms. The van der Waals surface area contributed by atoms with Gasteiger partial charge in [-0.15, -0.1) is 0 Å². The van der Waals surface area contributed by atoms with Gasteiger partial charge in [-0.1, -0.05) is 12.1 Å². The average Bonchev–Trinajstić information content (AvgIpc) is 3.12. The lowest BCUT2D eigenvalue weighted by molar-refractivity contribution is -0.124. The number of nitrogens with one attached hydrogen (secondary N) is 1. The molecule has 7 rings (SSSR count). The standard InChI is InChI=1S/C25H28N4O/c1-16-3-4-20(22-15-29-6-2-5-26-24(29)28-22)10-21(16)27-23(30)14-25-11-17-7-18(12-25)9-19(8-17)13-25/h2-6,10,15,17-19H,7-9,11-14H2,1H3,(H,27,30). The summed E-state index contributed by atoms with van der Waals surface area (Å²) in [7, 11) is 0. The second kappa shape index (κ2) is 6.66. The van der Waals surface area contributed by atoms with Gasteiger partial charge in [0, 0.05) is 36.3 Å². The first-order chi connectivity index (χ1) is 14.6. The highest BCUT2D eigenvalue weighted by molar-refractivity contribution is 5.92. The van der Waals surface area contributed by atoms with Crippen molar-refractivity contribution in [1.82, 2.24) is 14.4 Å². The van der Waals surface area contributed by atoms with Gasteiger partial charge in [-0.25, -0.2) is 9.97 Å². The fourth-order valence-electron chi connectivity index (χ4n) is 6.93. The number of anilines is 1. The Labute approximate surface area is 176 Å². The molecule has 1 aromatic carbocycles. The van der Waals surface area contributed by atoms with E-state index in [1.807, 2.05) is 22.9 Å². The van der Waals surface area contributed by atoms with Crippen LogP contribution in [-0.4, -0.2) is 20.3 Å². The molecule has 4 fully saturated rings. The van der Waals surface area contributed by atoms with Crippen molar-refractivity contribution in [2.24, 2.45) is 23.2 Å². The van der Waals surface area contributed by atoms with Crippen LogP contribution in [-0.2, 0) is 4.79 Å². The lowest BCUT2D eigenvalue weighted by atomic mass is 9.49. The number of imidazole rings is 1. The number of carbonyl (C=O) groups is 1. The second-order valence-corrected chi connectivity index (χ2v) is 10.1. The fourth-order valence-corrected chi connectivity index (χ4v) is 6.93. The third kappa shape index (κ3) is 3.11. The molecule has 30 heavy (non-hydrogen) atoms. The molecule has 2 heterocycles. The summed E-state index contributed by atoms with van der Waals surface area (Å²) < 4.78 is 1.92. The number of aryl methyl sites for hydroxylation is 1. The van der Waals surface area contributed by atoms with Crippen LogP contribution < -0.4 is 5.32 Å². The Morgan fingerprint density at radius 2 is 1.90 bits per heavy atom. The molecule has 1 N–H and O–H groups in total. The van der Waals surface area contributed by atoms with E-state index >= 15 is 0 Å². The van der Waals surface area contributed by atoms with Gasteiger partial charge in [0.2, 0.25) is 11.7 Å². The van der Waals surface area contributed by atoms with Crippen molar-refractivity contribution in [1.29, 1.82) is 0 Å². The zero-order valence-electron chi connectivity index (χ0n) is 17.5. The molecule has 0 unspecified atom stereocenters. The van der Waals surface area contributed by atoms with E-state index in [1.165, 1.54) is 38.5 Å². The summed E-state index contributed by atoms with van der Waals surface area (Å²) in [5, 5.41) is 3.24. The molecule has 5 heteroatoms. The number of hydrogen-bond acceptors (Lipinski definition) is 3. The maximum Gasteiger partial charge on any atom is 0.234 e. The summed E-state index contributed by atoms with van der Waals surface area (Å²) in [6.07, 6.45) is 14.4. The number of hydrogen-bond donors (Lipinski definition) is 1. The van der Waals surface area contributed by atoms with Crippen LogP contribution in [0.2, 0.25) is 0 Å². The largest absolute Gasteiger partial charge is 0.326 e. The first-order valence-corrected chi connectivity index (χ1v) is 11.3. The maximum absolute atomic E-state index is 13.1. The number of amides is 1. The number of benzene rings is 1. The van der Waals surface area contributed by atoms with E-state index in [-0.39, 0.29) is 11.3 Å². The minimum Gasteiger partial charge on any atom is -0.326 e. The van der Waals surface area contributed by atoms with Gasteiger partial charge >= 0.3 is 0 Å². The zero-order valence-corrected chi connectivity index (χ0v) is 17.5. The molecular formula is C25H28N4O. The van der Waals surface area contributed by atoms with Crippen molar-refractivity contribution in [2.45, 2.75) is 51.9 Å². The molecule has 2 aromatic heterocycles. The Hall–Kier alpha value is -2.69. The molecule has 0 atom stereocenters. The van der Waals surface area contributed by atoms with Crippen molar-refractivity contribution >= 4 is 17.4 Å². The average molecular weight is 401 g/mol. The molecular weight excluding hydrogens is 372 g/mol. The smallest absolute Gasteiger partial charge is 0.234 e. The highest BCUT2D eigenvalue weighted by Gasteiger charge is 2.51. The van der Waals surface area contributed by atoms with Crippen molar-refractivity contribution in [3.05, 3.63) is 48.4 Å². The topological polar surface area (TPSA) is 59.3 Å². The number of carbonyl (C=O) groups excluding carboxylic acids is 1. The summed E-state index contributed by atoms with van der Waals surface area (Å²) in [6.45, 7) is 2.05. The maximum atomic E-state index is 13.1. The molecule has 3 aromatic rings. The van der Waals surface area contributed by atoms with Crippen LogP contribution in [0.1, 0.15) is 50.5 Å². The van der Waals surface area contributed by atoms with Crippen molar-refractivity contribution in [3.63, 3.8) is 0 Å². The molecule has 4 aliphatic carbocycles. The van der Waals surface area contributed by atoms with Crippen LogP contribution in [0.4, 0.5) is 5.69 Å². The quantitative estimate of drug-likeness (QED) is 0.651. The Morgan fingerprint density at radius 3 is 2.60 bits per heavy atom. The van der Waals surface area contributed by atoms with E-state index in [0.29, 0.717) is 12.2 Å². The summed E-state index contributed by atoms with van der Waals surface area (Å²) in [6, 6.07) is 8.07. The first-order valence-electron chi connectivity index (χ1n) is 11.3. The van der Waals surface area contributed by atoms with Gasteiger partial charge in [0.05, 0.1) is 5.69 Å². The fraction of sp³-hybridized carbons (Fsp3) is 0.480. The van der Waals surface area contributed by atoms with E-state index in [2.05, 4.69) is 40.4 Å². The number of fused-ring (bicyclic) bond motifs is 1. The predicted octanol–water partition coefficient (Wildman–Crippen LogP) is 5.25. The van der Waals surface area contributed by atoms with Crippen LogP contribution in [0, 0.1) is 30.1 Å². The van der Waals surface area contributed by atoms with Gasteiger partial charge in [0.25, 0.3) is 0 Å². The Kier molecular flexibility index (Phi) is 4.02. The molecule has 0 saturated heterocycles. The van der Waals surface area contributed by atoms with E-state index in [0.717, 1.165) is 40.3 Å². The minimum absolute atomic E-state index is 0.175. The van der Waals surface area contributed by atoms with Gasteiger partial charge in [-0.2, -0.15) is 0 Å². The molecule has 154 valence electrons. The van der Waals surface area contributed by atoms with E-state index in [4.69, 9.17) is 0 Å². The zero-order chi connectivity index (χ0) is 20.3. The van der Waals surface area contributed by atoms with Crippen LogP contribution in [0.5, 0.6) is 0 Å². The predicted molar refractivity (Wildman–Crippen MR) is 117 cm³/mol. The third-order valence-corrected chi connectivity index (χ3v) is 7.74. The van der Waals surface area contributed by atoms with Gasteiger partial charge in [0.1, 0.15) is 0 Å². The van der Waals surface area contributed by atoms with Crippen molar-refractivity contribution < 1.29 is 4.79 Å². The lowest BCUT2D eigenvalue weighted by Crippen LogP contribution is -2.47. The van der Waals surface area contributed by atoms with Crippen molar-refractivity contribution in [3.8, 4) is 11.3 Å². The molecule has 1 amide bonds.